The predicted molar refractivity (Wildman–Crippen MR) is 83.3 cm³/mol. The lowest BCUT2D eigenvalue weighted by atomic mass is 10.1. The molecule has 0 spiro atoms. The first-order valence-corrected chi connectivity index (χ1v) is 8.03. The Morgan fingerprint density at radius 3 is 2.57 bits per heavy atom. The molecule has 1 aromatic heterocycles. The summed E-state index contributed by atoms with van der Waals surface area (Å²) in [7, 11) is 1.45. The van der Waals surface area contributed by atoms with Crippen molar-refractivity contribution in [3.8, 4) is 0 Å². The summed E-state index contributed by atoms with van der Waals surface area (Å²) in [6.45, 7) is 1.99. The van der Waals surface area contributed by atoms with Gasteiger partial charge in [-0.2, -0.15) is 0 Å². The maximum Gasteiger partial charge on any atom is 0.306 e. The number of benzene rings is 1. The van der Waals surface area contributed by atoms with Gasteiger partial charge in [0.1, 0.15) is 5.03 Å². The number of carbonyl (C=O) groups is 1. The van der Waals surface area contributed by atoms with Gasteiger partial charge in [-0.15, -0.1) is 11.8 Å². The minimum atomic E-state index is -0.116. The van der Waals surface area contributed by atoms with Crippen molar-refractivity contribution >= 4 is 28.8 Å². The van der Waals surface area contributed by atoms with E-state index in [0.717, 1.165) is 40.3 Å². The summed E-state index contributed by atoms with van der Waals surface area (Å²) < 4.78 is 4.78. The molecular formula is C16H18N2O2S. The highest BCUT2D eigenvalue weighted by Gasteiger charge is 2.44. The summed E-state index contributed by atoms with van der Waals surface area (Å²) in [5, 5.41) is 0.963. The molecule has 1 aliphatic carbocycles. The first-order valence-electron chi connectivity index (χ1n) is 7.05. The van der Waals surface area contributed by atoms with Gasteiger partial charge in [0.25, 0.3) is 0 Å². The molecule has 110 valence electrons. The van der Waals surface area contributed by atoms with Gasteiger partial charge in [-0.05, 0) is 37.3 Å². The molecule has 2 aromatic rings. The Morgan fingerprint density at radius 1 is 1.29 bits per heavy atom. The molecule has 0 atom stereocenters. The lowest BCUT2D eigenvalue weighted by Crippen LogP contribution is -2.13. The normalized spacial score (nSPS) is 15.9. The van der Waals surface area contributed by atoms with Crippen molar-refractivity contribution < 1.29 is 9.53 Å². The van der Waals surface area contributed by atoms with Crippen LogP contribution in [0.3, 0.4) is 0 Å². The molecule has 4 nitrogen and oxygen atoms in total. The molecule has 0 amide bonds. The second-order valence-electron chi connectivity index (χ2n) is 5.64. The van der Waals surface area contributed by atoms with E-state index in [1.165, 1.54) is 7.11 Å². The quantitative estimate of drug-likeness (QED) is 0.626. The molecule has 0 N–H and O–H groups in total. The molecule has 1 fully saturated rings. The Kier molecular flexibility index (Phi) is 3.85. The van der Waals surface area contributed by atoms with Crippen molar-refractivity contribution in [2.45, 2.75) is 31.2 Å². The first-order chi connectivity index (χ1) is 10.1. The number of ether oxygens (including phenoxy) is 1. The third kappa shape index (κ3) is 3.18. The number of fused-ring (bicyclic) bond motifs is 1. The minimum absolute atomic E-state index is 0.109. The molecule has 0 saturated heterocycles. The topological polar surface area (TPSA) is 52.1 Å². The number of carbonyl (C=O) groups excluding carboxylic acids is 1. The van der Waals surface area contributed by atoms with Gasteiger partial charge in [-0.1, -0.05) is 12.1 Å². The average molecular weight is 302 g/mol. The SMILES string of the molecule is COC(=O)CC1(CSc2nc3ccccc3nc2C)CC1. The summed E-state index contributed by atoms with van der Waals surface area (Å²) in [5.74, 6) is 0.782. The zero-order valence-corrected chi connectivity index (χ0v) is 13.1. The van der Waals surface area contributed by atoms with Crippen molar-refractivity contribution in [1.82, 2.24) is 9.97 Å². The standard InChI is InChI=1S/C16H18N2O2S/c1-11-15(18-13-6-4-3-5-12(13)17-11)21-10-16(7-8-16)9-14(19)20-2/h3-6H,7-10H2,1-2H3. The highest BCUT2D eigenvalue weighted by Crippen LogP contribution is 2.52. The van der Waals surface area contributed by atoms with Crippen molar-refractivity contribution in [1.29, 1.82) is 0 Å². The number of para-hydroxylation sites is 2. The third-order valence-corrected chi connectivity index (χ3v) is 5.34. The summed E-state index contributed by atoms with van der Waals surface area (Å²) >= 11 is 1.70. The number of thioether (sulfide) groups is 1. The third-order valence-electron chi connectivity index (χ3n) is 3.92. The van der Waals surface area contributed by atoms with E-state index >= 15 is 0 Å². The van der Waals surface area contributed by atoms with Gasteiger partial charge in [-0.25, -0.2) is 9.97 Å². The molecule has 21 heavy (non-hydrogen) atoms. The van der Waals surface area contributed by atoms with Crippen LogP contribution in [0, 0.1) is 12.3 Å². The number of rotatable bonds is 5. The number of hydrogen-bond donors (Lipinski definition) is 0. The summed E-state index contributed by atoms with van der Waals surface area (Å²) in [4.78, 5) is 20.7. The van der Waals surface area contributed by atoms with Gasteiger partial charge >= 0.3 is 5.97 Å². The Bertz CT molecular complexity index is 683. The van der Waals surface area contributed by atoms with Crippen LogP contribution in [0.2, 0.25) is 0 Å². The van der Waals surface area contributed by atoms with Crippen LogP contribution < -0.4 is 0 Å². The van der Waals surface area contributed by atoms with Crippen molar-refractivity contribution in [2.24, 2.45) is 5.41 Å². The van der Waals surface area contributed by atoms with Crippen LogP contribution in [0.15, 0.2) is 29.3 Å². The van der Waals surface area contributed by atoms with Crippen molar-refractivity contribution in [3.05, 3.63) is 30.0 Å². The molecule has 5 heteroatoms. The maximum atomic E-state index is 11.5. The highest BCUT2D eigenvalue weighted by atomic mass is 32.2. The molecule has 3 rings (SSSR count). The summed E-state index contributed by atoms with van der Waals surface area (Å²) in [6.07, 6.45) is 2.70. The van der Waals surface area contributed by atoms with E-state index < -0.39 is 0 Å². The smallest absolute Gasteiger partial charge is 0.306 e. The zero-order chi connectivity index (χ0) is 14.9. The van der Waals surface area contributed by atoms with E-state index in [-0.39, 0.29) is 11.4 Å². The monoisotopic (exact) mass is 302 g/mol. The van der Waals surface area contributed by atoms with Gasteiger partial charge in [-0.3, -0.25) is 4.79 Å². The number of esters is 1. The first kappa shape index (κ1) is 14.3. The molecule has 1 heterocycles. The minimum Gasteiger partial charge on any atom is -0.469 e. The number of nitrogens with zero attached hydrogens (tertiary/aromatic N) is 2. The molecule has 0 bridgehead atoms. The molecule has 1 aromatic carbocycles. The fraction of sp³-hybridized carbons (Fsp3) is 0.438. The number of methoxy groups -OCH3 is 1. The van der Waals surface area contributed by atoms with Crippen molar-refractivity contribution in [3.63, 3.8) is 0 Å². The number of aromatic nitrogens is 2. The summed E-state index contributed by atoms with van der Waals surface area (Å²) in [5.41, 5.74) is 2.91. The summed E-state index contributed by atoms with van der Waals surface area (Å²) in [6, 6.07) is 7.90. The Balaban J connectivity index is 1.73. The van der Waals surface area contributed by atoms with Crippen LogP contribution >= 0.6 is 11.8 Å². The Hall–Kier alpha value is -1.62. The lowest BCUT2D eigenvalue weighted by molar-refractivity contribution is -0.141. The zero-order valence-electron chi connectivity index (χ0n) is 12.3. The van der Waals surface area contributed by atoms with Gasteiger partial charge < -0.3 is 4.74 Å². The molecule has 0 unspecified atom stereocenters. The molecule has 0 aliphatic heterocycles. The van der Waals surface area contributed by atoms with Crippen LogP contribution in [0.4, 0.5) is 0 Å². The fourth-order valence-corrected chi connectivity index (χ4v) is 3.61. The average Bonchev–Trinajstić information content (AvgIpc) is 3.25. The van der Waals surface area contributed by atoms with Gasteiger partial charge in [0, 0.05) is 5.75 Å². The maximum absolute atomic E-state index is 11.5. The van der Waals surface area contributed by atoms with Gasteiger partial charge in [0.2, 0.25) is 0 Å². The van der Waals surface area contributed by atoms with E-state index in [1.807, 2.05) is 31.2 Å². The van der Waals surface area contributed by atoms with E-state index in [0.29, 0.717) is 6.42 Å². The second-order valence-corrected chi connectivity index (χ2v) is 6.61. The Labute approximate surface area is 128 Å². The largest absolute Gasteiger partial charge is 0.469 e. The van der Waals surface area contributed by atoms with Gasteiger partial charge in [0.15, 0.2) is 0 Å². The van der Waals surface area contributed by atoms with E-state index in [1.54, 1.807) is 11.8 Å². The molecule has 0 radical (unpaired) electrons. The highest BCUT2D eigenvalue weighted by molar-refractivity contribution is 7.99. The fourth-order valence-electron chi connectivity index (χ4n) is 2.36. The number of aryl methyl sites for hydroxylation is 1. The number of hydrogen-bond acceptors (Lipinski definition) is 5. The van der Waals surface area contributed by atoms with Crippen LogP contribution in [0.1, 0.15) is 25.0 Å². The van der Waals surface area contributed by atoms with E-state index in [9.17, 15) is 4.79 Å². The van der Waals surface area contributed by atoms with Crippen LogP contribution in [-0.4, -0.2) is 28.8 Å². The molecular weight excluding hydrogens is 284 g/mol. The van der Waals surface area contributed by atoms with Crippen LogP contribution in [-0.2, 0) is 9.53 Å². The molecule has 1 saturated carbocycles. The predicted octanol–water partition coefficient (Wildman–Crippen LogP) is 3.37. The van der Waals surface area contributed by atoms with Crippen LogP contribution in [0.25, 0.3) is 11.0 Å². The van der Waals surface area contributed by atoms with Gasteiger partial charge in [0.05, 0.1) is 30.3 Å². The molecule has 1 aliphatic rings. The van der Waals surface area contributed by atoms with E-state index in [4.69, 9.17) is 4.74 Å². The lowest BCUT2D eigenvalue weighted by Gasteiger charge is -2.13. The van der Waals surface area contributed by atoms with Crippen LogP contribution in [0.5, 0.6) is 0 Å². The second kappa shape index (κ2) is 5.64. The van der Waals surface area contributed by atoms with E-state index in [2.05, 4.69) is 9.97 Å². The van der Waals surface area contributed by atoms with Crippen molar-refractivity contribution in [2.75, 3.05) is 12.9 Å². The Morgan fingerprint density at radius 2 is 1.95 bits per heavy atom.